The van der Waals surface area contributed by atoms with Crippen molar-refractivity contribution >= 4 is 28.6 Å². The van der Waals surface area contributed by atoms with Crippen LogP contribution in [0.5, 0.6) is 5.75 Å². The van der Waals surface area contributed by atoms with Gasteiger partial charge in [0.15, 0.2) is 11.0 Å². The highest BCUT2D eigenvalue weighted by molar-refractivity contribution is 8.14. The van der Waals surface area contributed by atoms with Crippen molar-refractivity contribution in [1.82, 2.24) is 20.1 Å². The number of ether oxygens (including phenoxy) is 1. The lowest BCUT2D eigenvalue weighted by molar-refractivity contribution is -0.274. The first kappa shape index (κ1) is 33.1. The van der Waals surface area contributed by atoms with Crippen LogP contribution >= 0.6 is 11.8 Å². The third-order valence-corrected chi connectivity index (χ3v) is 8.85. The third-order valence-electron chi connectivity index (χ3n) is 7.86. The lowest BCUT2D eigenvalue weighted by atomic mass is 9.93. The summed E-state index contributed by atoms with van der Waals surface area (Å²) in [6, 6.07) is 19.0. The number of carbonyl (C=O) groups excluding carboxylic acids is 1. The SMILES string of the molecule is Cc1cccc(N2C(=NC(=O)NC(C)(C)c3ccc(-c4ncn(-c5ccc(OC(F)(F)F)cc5)n4)cc3)SCCC2C)c1C(C)C. The van der Waals surface area contributed by atoms with E-state index in [2.05, 4.69) is 75.9 Å². The number of hydrogen-bond donors (Lipinski definition) is 1. The molecule has 1 aliphatic rings. The number of aliphatic imine (C=N–C) groups is 1. The zero-order valence-electron chi connectivity index (χ0n) is 26.6. The molecule has 242 valence electrons. The van der Waals surface area contributed by atoms with Crippen LogP contribution in [0.15, 0.2) is 78.0 Å². The van der Waals surface area contributed by atoms with Crippen molar-refractivity contribution in [3.05, 3.63) is 89.7 Å². The minimum atomic E-state index is -4.76. The number of alkyl halides is 3. The average Bonchev–Trinajstić information content (AvgIpc) is 3.47. The molecule has 2 amide bonds. The van der Waals surface area contributed by atoms with Gasteiger partial charge in [0.05, 0.1) is 11.2 Å². The van der Waals surface area contributed by atoms with E-state index in [1.54, 1.807) is 11.8 Å². The summed E-state index contributed by atoms with van der Waals surface area (Å²) >= 11 is 1.60. The Morgan fingerprint density at radius 3 is 2.41 bits per heavy atom. The number of halogens is 3. The van der Waals surface area contributed by atoms with Crippen LogP contribution in [0.3, 0.4) is 0 Å². The van der Waals surface area contributed by atoms with Crippen LogP contribution in [0.4, 0.5) is 23.7 Å². The fourth-order valence-corrected chi connectivity index (χ4v) is 6.78. The summed E-state index contributed by atoms with van der Waals surface area (Å²) in [7, 11) is 0. The van der Waals surface area contributed by atoms with Crippen molar-refractivity contribution in [3.63, 3.8) is 0 Å². The Hall–Kier alpha value is -4.32. The van der Waals surface area contributed by atoms with Crippen molar-refractivity contribution in [2.24, 2.45) is 4.99 Å². The smallest absolute Gasteiger partial charge is 0.406 e. The first-order valence-electron chi connectivity index (χ1n) is 15.0. The molecule has 2 heterocycles. The van der Waals surface area contributed by atoms with Crippen LogP contribution in [0.25, 0.3) is 17.1 Å². The van der Waals surface area contributed by atoms with Gasteiger partial charge in [0, 0.05) is 23.0 Å². The predicted octanol–water partition coefficient (Wildman–Crippen LogP) is 8.60. The number of amides is 2. The summed E-state index contributed by atoms with van der Waals surface area (Å²) in [4.78, 5) is 24.5. The normalized spacial score (nSPS) is 16.6. The van der Waals surface area contributed by atoms with Crippen molar-refractivity contribution < 1.29 is 22.7 Å². The lowest BCUT2D eigenvalue weighted by Gasteiger charge is -2.38. The van der Waals surface area contributed by atoms with Gasteiger partial charge in [0.2, 0.25) is 0 Å². The second-order valence-corrected chi connectivity index (χ2v) is 13.2. The van der Waals surface area contributed by atoms with Gasteiger partial charge in [-0.1, -0.05) is 62.0 Å². The van der Waals surface area contributed by atoms with Crippen molar-refractivity contribution in [1.29, 1.82) is 0 Å². The van der Waals surface area contributed by atoms with E-state index in [1.165, 1.54) is 46.4 Å². The van der Waals surface area contributed by atoms with Crippen LogP contribution in [-0.4, -0.2) is 44.1 Å². The number of carbonyl (C=O) groups is 1. The van der Waals surface area contributed by atoms with Gasteiger partial charge < -0.3 is 15.0 Å². The molecule has 46 heavy (non-hydrogen) atoms. The number of benzene rings is 3. The van der Waals surface area contributed by atoms with Gasteiger partial charge in [0.1, 0.15) is 12.1 Å². The molecular formula is C34H37F3N6O2S. The summed E-state index contributed by atoms with van der Waals surface area (Å²) in [6.07, 6.45) is -2.28. The average molecular weight is 651 g/mol. The van der Waals surface area contributed by atoms with E-state index >= 15 is 0 Å². The van der Waals surface area contributed by atoms with E-state index in [1.807, 2.05) is 38.1 Å². The highest BCUT2D eigenvalue weighted by atomic mass is 32.2. The molecule has 1 N–H and O–H groups in total. The van der Waals surface area contributed by atoms with Gasteiger partial charge in [-0.25, -0.2) is 14.5 Å². The molecule has 5 rings (SSSR count). The Bertz CT molecular complexity index is 1720. The number of rotatable bonds is 7. The molecule has 1 fully saturated rings. The van der Waals surface area contributed by atoms with E-state index < -0.39 is 17.9 Å². The van der Waals surface area contributed by atoms with Crippen LogP contribution in [-0.2, 0) is 5.54 Å². The molecule has 0 spiro atoms. The number of urea groups is 1. The van der Waals surface area contributed by atoms with Gasteiger partial charge in [-0.05, 0) is 87.1 Å². The first-order valence-corrected chi connectivity index (χ1v) is 16.0. The van der Waals surface area contributed by atoms with Crippen molar-refractivity contribution in [2.45, 2.75) is 71.8 Å². The molecule has 0 bridgehead atoms. The molecular weight excluding hydrogens is 613 g/mol. The molecule has 1 aromatic heterocycles. The Morgan fingerprint density at radius 1 is 1.07 bits per heavy atom. The second-order valence-electron chi connectivity index (χ2n) is 12.1. The van der Waals surface area contributed by atoms with Gasteiger partial charge in [-0.15, -0.1) is 18.3 Å². The molecule has 12 heteroatoms. The van der Waals surface area contributed by atoms with E-state index in [0.717, 1.165) is 29.0 Å². The predicted molar refractivity (Wildman–Crippen MR) is 177 cm³/mol. The largest absolute Gasteiger partial charge is 0.573 e. The van der Waals surface area contributed by atoms with Gasteiger partial charge >= 0.3 is 12.4 Å². The van der Waals surface area contributed by atoms with E-state index in [-0.39, 0.29) is 11.8 Å². The minimum Gasteiger partial charge on any atom is -0.406 e. The molecule has 0 aliphatic carbocycles. The number of hydrogen-bond acceptors (Lipinski definition) is 5. The standard InChI is InChI=1S/C34H37F3N6O2S/c1-21(2)29-22(3)8-7-9-28(29)43-23(4)18-19-46-32(43)39-31(44)40-33(5,6)25-12-10-24(11-13-25)30-38-20-42(41-30)26-14-16-27(17-15-26)45-34(35,36)37/h7-17,20-21,23H,18-19H2,1-6H3,(H,40,44). The molecule has 0 saturated carbocycles. The molecule has 1 atom stereocenters. The molecule has 8 nitrogen and oxygen atoms in total. The summed E-state index contributed by atoms with van der Waals surface area (Å²) in [5.41, 5.74) is 4.99. The number of nitrogens with zero attached hydrogens (tertiary/aromatic N) is 5. The summed E-state index contributed by atoms with van der Waals surface area (Å²) in [6.45, 7) is 12.5. The maximum absolute atomic E-state index is 13.4. The third kappa shape index (κ3) is 7.55. The highest BCUT2D eigenvalue weighted by Gasteiger charge is 2.32. The Morgan fingerprint density at radius 2 is 1.76 bits per heavy atom. The van der Waals surface area contributed by atoms with Crippen LogP contribution < -0.4 is 15.0 Å². The lowest BCUT2D eigenvalue weighted by Crippen LogP contribution is -2.44. The fraction of sp³-hybridized carbons (Fsp3) is 0.353. The number of anilines is 1. The molecule has 4 aromatic rings. The van der Waals surface area contributed by atoms with Gasteiger partial charge in [-0.2, -0.15) is 4.99 Å². The van der Waals surface area contributed by atoms with Gasteiger partial charge in [0.25, 0.3) is 0 Å². The molecule has 3 aromatic carbocycles. The number of nitrogens with one attached hydrogen (secondary N) is 1. The maximum atomic E-state index is 13.4. The number of thioether (sulfide) groups is 1. The first-order chi connectivity index (χ1) is 21.7. The monoisotopic (exact) mass is 650 g/mol. The fourth-order valence-electron chi connectivity index (χ4n) is 5.57. The molecule has 1 unspecified atom stereocenters. The highest BCUT2D eigenvalue weighted by Crippen LogP contribution is 2.36. The van der Waals surface area contributed by atoms with Gasteiger partial charge in [-0.3, -0.25) is 0 Å². The summed E-state index contributed by atoms with van der Waals surface area (Å²) in [5, 5.41) is 8.24. The Balaban J connectivity index is 1.30. The number of amidine groups is 1. The van der Waals surface area contributed by atoms with Crippen molar-refractivity contribution in [3.8, 4) is 22.8 Å². The van der Waals surface area contributed by atoms with Crippen LogP contribution in [0.2, 0.25) is 0 Å². The second kappa shape index (κ2) is 13.2. The zero-order chi connectivity index (χ0) is 33.2. The molecule has 1 saturated heterocycles. The molecule has 0 radical (unpaired) electrons. The quantitative estimate of drug-likeness (QED) is 0.216. The topological polar surface area (TPSA) is 84.6 Å². The van der Waals surface area contributed by atoms with Crippen LogP contribution in [0.1, 0.15) is 63.6 Å². The maximum Gasteiger partial charge on any atom is 0.573 e. The Labute approximate surface area is 271 Å². The Kier molecular flexibility index (Phi) is 9.48. The zero-order valence-corrected chi connectivity index (χ0v) is 27.4. The van der Waals surface area contributed by atoms with E-state index in [0.29, 0.717) is 22.6 Å². The minimum absolute atomic E-state index is 0.201. The number of aryl methyl sites for hydroxylation is 1. The van der Waals surface area contributed by atoms with Crippen molar-refractivity contribution in [2.75, 3.05) is 10.7 Å². The van der Waals surface area contributed by atoms with Crippen LogP contribution in [0, 0.1) is 6.92 Å². The van der Waals surface area contributed by atoms with E-state index in [4.69, 9.17) is 0 Å². The number of aromatic nitrogens is 3. The summed E-state index contributed by atoms with van der Waals surface area (Å²) in [5.74, 6) is 1.34. The molecule has 1 aliphatic heterocycles. The summed E-state index contributed by atoms with van der Waals surface area (Å²) < 4.78 is 42.8. The van der Waals surface area contributed by atoms with E-state index in [9.17, 15) is 18.0 Å².